The van der Waals surface area contributed by atoms with Gasteiger partial charge in [-0.1, -0.05) is 11.6 Å². The van der Waals surface area contributed by atoms with E-state index in [0.29, 0.717) is 0 Å². The summed E-state index contributed by atoms with van der Waals surface area (Å²) >= 11 is 1.63. The van der Waals surface area contributed by atoms with E-state index >= 15 is 0 Å². The highest BCUT2D eigenvalue weighted by molar-refractivity contribution is 7.21. The minimum absolute atomic E-state index is 0.228. The van der Waals surface area contributed by atoms with Crippen LogP contribution in [0.2, 0.25) is 0 Å². The number of pyridine rings is 1. The van der Waals surface area contributed by atoms with Crippen LogP contribution in [0.1, 0.15) is 16.7 Å². The molecule has 0 unspecified atom stereocenters. The third-order valence-electron chi connectivity index (χ3n) is 4.82. The molecule has 4 heteroatoms. The number of halogens is 1. The highest BCUT2D eigenvalue weighted by atomic mass is 32.1. The normalized spacial score (nSPS) is 11.3. The Labute approximate surface area is 156 Å². The lowest BCUT2D eigenvalue weighted by Gasteiger charge is -2.09. The van der Waals surface area contributed by atoms with Gasteiger partial charge in [0, 0.05) is 17.2 Å². The third-order valence-corrected chi connectivity index (χ3v) is 5.88. The predicted molar refractivity (Wildman–Crippen MR) is 106 cm³/mol. The summed E-state index contributed by atoms with van der Waals surface area (Å²) in [6, 6.07) is 13.1. The fourth-order valence-corrected chi connectivity index (χ4v) is 4.33. The van der Waals surface area contributed by atoms with Gasteiger partial charge >= 0.3 is 0 Å². The van der Waals surface area contributed by atoms with Gasteiger partial charge in [0.2, 0.25) is 5.69 Å². The van der Waals surface area contributed by atoms with Gasteiger partial charge in [0.05, 0.1) is 5.52 Å². The van der Waals surface area contributed by atoms with Crippen molar-refractivity contribution in [3.05, 3.63) is 71.2 Å². The van der Waals surface area contributed by atoms with Gasteiger partial charge in [-0.2, -0.15) is 4.57 Å². The van der Waals surface area contributed by atoms with Crippen LogP contribution in [0.3, 0.4) is 0 Å². The minimum atomic E-state index is -0.228. The Bertz CT molecular complexity index is 1130. The summed E-state index contributed by atoms with van der Waals surface area (Å²) in [5, 5.41) is 0.911. The maximum atomic E-state index is 13.2. The first-order valence-electron chi connectivity index (χ1n) is 8.57. The quantitative estimate of drug-likeness (QED) is 0.429. The summed E-state index contributed by atoms with van der Waals surface area (Å²) in [4.78, 5) is 4.80. The van der Waals surface area contributed by atoms with Crippen LogP contribution in [0.25, 0.3) is 32.0 Å². The summed E-state index contributed by atoms with van der Waals surface area (Å²) in [5.41, 5.74) is 8.15. The lowest BCUT2D eigenvalue weighted by Crippen LogP contribution is -2.30. The van der Waals surface area contributed by atoms with Crippen LogP contribution in [0, 0.1) is 26.6 Å². The van der Waals surface area contributed by atoms with Crippen molar-refractivity contribution in [3.63, 3.8) is 0 Å². The van der Waals surface area contributed by atoms with Crippen molar-refractivity contribution in [1.82, 2.24) is 4.98 Å². The lowest BCUT2D eigenvalue weighted by molar-refractivity contribution is -0.659. The number of aryl methyl sites for hydroxylation is 3. The summed E-state index contributed by atoms with van der Waals surface area (Å²) in [6.07, 6.45) is 2.13. The largest absolute Gasteiger partial charge is 0.236 e. The van der Waals surface area contributed by atoms with E-state index in [1.54, 1.807) is 23.5 Å². The molecule has 0 saturated carbocycles. The number of thiazole rings is 1. The van der Waals surface area contributed by atoms with Crippen LogP contribution in [-0.2, 0) is 7.05 Å². The molecule has 0 saturated heterocycles. The van der Waals surface area contributed by atoms with Gasteiger partial charge in [-0.05, 0) is 62.2 Å². The molecule has 2 heterocycles. The lowest BCUT2D eigenvalue weighted by atomic mass is 9.97. The second-order valence-corrected chi connectivity index (χ2v) is 7.83. The van der Waals surface area contributed by atoms with E-state index in [-0.39, 0.29) is 5.82 Å². The van der Waals surface area contributed by atoms with Gasteiger partial charge in [0.15, 0.2) is 6.20 Å². The second kappa shape index (κ2) is 6.29. The summed E-state index contributed by atoms with van der Waals surface area (Å²) in [5.74, 6) is -0.228. The van der Waals surface area contributed by atoms with E-state index < -0.39 is 0 Å². The van der Waals surface area contributed by atoms with E-state index in [2.05, 4.69) is 56.8 Å². The molecule has 0 radical (unpaired) electrons. The van der Waals surface area contributed by atoms with E-state index in [4.69, 9.17) is 4.98 Å². The van der Waals surface area contributed by atoms with Crippen LogP contribution in [0.5, 0.6) is 0 Å². The first kappa shape index (κ1) is 16.9. The van der Waals surface area contributed by atoms with Crippen LogP contribution >= 0.6 is 11.3 Å². The molecule has 2 nitrogen and oxygen atoms in total. The molecule has 4 aromatic rings. The standard InChI is InChI=1S/C22H20FN2S/c1-13-9-14(2)15(3)18(10-13)20-11-19-21(12-25(20)4)26-22(24-19)16-5-7-17(23)8-6-16/h5-12H,1-4H3/q+1. The molecule has 0 aliphatic carbocycles. The van der Waals surface area contributed by atoms with Gasteiger partial charge < -0.3 is 0 Å². The van der Waals surface area contributed by atoms with Crippen LogP contribution in [0.15, 0.2) is 48.7 Å². The molecule has 0 N–H and O–H groups in total. The molecule has 2 aromatic carbocycles. The summed E-state index contributed by atoms with van der Waals surface area (Å²) in [7, 11) is 2.07. The molecule has 0 bridgehead atoms. The molecule has 26 heavy (non-hydrogen) atoms. The van der Waals surface area contributed by atoms with E-state index in [1.807, 2.05) is 0 Å². The van der Waals surface area contributed by atoms with Crippen LogP contribution < -0.4 is 4.57 Å². The molecule has 0 atom stereocenters. The van der Waals surface area contributed by atoms with E-state index in [0.717, 1.165) is 26.5 Å². The Morgan fingerprint density at radius 3 is 2.46 bits per heavy atom. The number of hydrogen-bond acceptors (Lipinski definition) is 2. The molecule has 2 aromatic heterocycles. The Hall–Kier alpha value is -2.59. The minimum Gasteiger partial charge on any atom is -0.236 e. The van der Waals surface area contributed by atoms with Crippen molar-refractivity contribution in [1.29, 1.82) is 0 Å². The molecule has 0 amide bonds. The zero-order chi connectivity index (χ0) is 18.4. The molecule has 0 spiro atoms. The van der Waals surface area contributed by atoms with Crippen molar-refractivity contribution >= 4 is 21.6 Å². The summed E-state index contributed by atoms with van der Waals surface area (Å²) in [6.45, 7) is 6.45. The third kappa shape index (κ3) is 2.90. The number of fused-ring (bicyclic) bond motifs is 1. The second-order valence-electron chi connectivity index (χ2n) is 6.80. The SMILES string of the molecule is Cc1cc(C)c(C)c(-c2cc3nc(-c4ccc(F)cc4)sc3c[n+]2C)c1. The Morgan fingerprint density at radius 2 is 1.73 bits per heavy atom. The van der Waals surface area contributed by atoms with Gasteiger partial charge in [0.25, 0.3) is 0 Å². The van der Waals surface area contributed by atoms with E-state index in [1.165, 1.54) is 34.4 Å². The first-order valence-corrected chi connectivity index (χ1v) is 9.38. The van der Waals surface area contributed by atoms with Gasteiger partial charge in [-0.3, -0.25) is 0 Å². The Morgan fingerprint density at radius 1 is 1.00 bits per heavy atom. The van der Waals surface area contributed by atoms with Crippen LogP contribution in [-0.4, -0.2) is 4.98 Å². The highest BCUT2D eigenvalue weighted by Gasteiger charge is 2.18. The van der Waals surface area contributed by atoms with Crippen molar-refractivity contribution in [2.24, 2.45) is 7.05 Å². The summed E-state index contributed by atoms with van der Waals surface area (Å²) < 4.78 is 16.5. The maximum absolute atomic E-state index is 13.2. The fourth-order valence-electron chi connectivity index (χ4n) is 3.31. The smallest absolute Gasteiger partial charge is 0.214 e. The molecule has 0 aliphatic rings. The maximum Gasteiger partial charge on any atom is 0.214 e. The molecule has 0 aliphatic heterocycles. The van der Waals surface area contributed by atoms with Gasteiger partial charge in [0.1, 0.15) is 22.6 Å². The number of rotatable bonds is 2. The average Bonchev–Trinajstić information content (AvgIpc) is 3.01. The first-order chi connectivity index (χ1) is 12.4. The van der Waals surface area contributed by atoms with Crippen molar-refractivity contribution in [3.8, 4) is 21.8 Å². The molecule has 4 rings (SSSR count). The van der Waals surface area contributed by atoms with Crippen molar-refractivity contribution in [2.45, 2.75) is 20.8 Å². The molecular weight excluding hydrogens is 343 g/mol. The molecular formula is C22H20FN2S+. The topological polar surface area (TPSA) is 16.8 Å². The number of aromatic nitrogens is 2. The fraction of sp³-hybridized carbons (Fsp3) is 0.182. The van der Waals surface area contributed by atoms with Crippen molar-refractivity contribution in [2.75, 3.05) is 0 Å². The Balaban J connectivity index is 1.88. The number of nitrogens with zero attached hydrogens (tertiary/aromatic N) is 2. The highest BCUT2D eigenvalue weighted by Crippen LogP contribution is 2.32. The number of hydrogen-bond donors (Lipinski definition) is 0. The van der Waals surface area contributed by atoms with E-state index in [9.17, 15) is 4.39 Å². The van der Waals surface area contributed by atoms with Gasteiger partial charge in [-0.15, -0.1) is 11.3 Å². The van der Waals surface area contributed by atoms with Crippen molar-refractivity contribution < 1.29 is 8.96 Å². The van der Waals surface area contributed by atoms with Crippen LogP contribution in [0.4, 0.5) is 4.39 Å². The molecule has 0 fully saturated rings. The number of benzene rings is 2. The average molecular weight is 363 g/mol. The molecule has 130 valence electrons. The van der Waals surface area contributed by atoms with Gasteiger partial charge in [-0.25, -0.2) is 9.37 Å². The zero-order valence-corrected chi connectivity index (χ0v) is 16.1. The Kier molecular flexibility index (Phi) is 4.08. The predicted octanol–water partition coefficient (Wildman–Crippen LogP) is 5.52. The monoisotopic (exact) mass is 363 g/mol. The zero-order valence-electron chi connectivity index (χ0n) is 15.3.